The monoisotopic (exact) mass is 511 g/mol. The summed E-state index contributed by atoms with van der Waals surface area (Å²) in [6, 6.07) is 26.7. The summed E-state index contributed by atoms with van der Waals surface area (Å²) in [7, 11) is 1.36. The first-order valence-electron chi connectivity index (χ1n) is 12.0. The molecule has 1 heterocycles. The van der Waals surface area contributed by atoms with Gasteiger partial charge in [-0.3, -0.25) is 9.69 Å². The van der Waals surface area contributed by atoms with Gasteiger partial charge in [0.15, 0.2) is 0 Å². The second kappa shape index (κ2) is 11.5. The molecule has 0 unspecified atom stereocenters. The number of pyridine rings is 1. The van der Waals surface area contributed by atoms with Crippen molar-refractivity contribution in [2.75, 3.05) is 17.3 Å². The van der Waals surface area contributed by atoms with Gasteiger partial charge in [-0.2, -0.15) is 0 Å². The van der Waals surface area contributed by atoms with Crippen molar-refractivity contribution in [2.24, 2.45) is 0 Å². The van der Waals surface area contributed by atoms with E-state index >= 15 is 0 Å². The first kappa shape index (κ1) is 26.2. The number of anilines is 2. The van der Waals surface area contributed by atoms with E-state index in [0.717, 1.165) is 5.75 Å². The Bertz CT molecular complexity index is 1370. The van der Waals surface area contributed by atoms with Gasteiger partial charge in [0.2, 0.25) is 5.88 Å². The van der Waals surface area contributed by atoms with Crippen molar-refractivity contribution < 1.29 is 23.8 Å². The predicted octanol–water partition coefficient (Wildman–Crippen LogP) is 7.29. The van der Waals surface area contributed by atoms with Crippen LogP contribution in [0.15, 0.2) is 97.2 Å². The van der Waals surface area contributed by atoms with Crippen molar-refractivity contribution >= 4 is 23.4 Å². The standard InChI is InChI=1S/C30H29N3O5/c1-30(2,3)33(29(35)36-4)23-13-17-26(18-14-23)38-27-19-12-22(20-31-27)32-28(34)21-10-15-25(16-11-21)37-24-8-6-5-7-9-24/h5-20H,1-4H3,(H,32,34). The lowest BCUT2D eigenvalue weighted by Gasteiger charge is -2.34. The van der Waals surface area contributed by atoms with Crippen LogP contribution in [0.5, 0.6) is 23.1 Å². The summed E-state index contributed by atoms with van der Waals surface area (Å²) in [6.45, 7) is 5.77. The molecule has 194 valence electrons. The van der Waals surface area contributed by atoms with Crippen molar-refractivity contribution in [1.82, 2.24) is 4.98 Å². The zero-order valence-electron chi connectivity index (χ0n) is 21.7. The van der Waals surface area contributed by atoms with E-state index in [1.807, 2.05) is 51.1 Å². The summed E-state index contributed by atoms with van der Waals surface area (Å²) < 4.78 is 16.5. The van der Waals surface area contributed by atoms with Crippen molar-refractivity contribution in [2.45, 2.75) is 26.3 Å². The lowest BCUT2D eigenvalue weighted by molar-refractivity contribution is 0.102. The number of nitrogens with one attached hydrogen (secondary N) is 1. The number of rotatable bonds is 7. The molecule has 0 spiro atoms. The number of benzene rings is 3. The van der Waals surface area contributed by atoms with Gasteiger partial charge in [0.05, 0.1) is 19.0 Å². The Labute approximate surface area is 221 Å². The number of aromatic nitrogens is 1. The number of hydrogen-bond acceptors (Lipinski definition) is 6. The molecule has 0 atom stereocenters. The number of carbonyl (C=O) groups excluding carboxylic acids is 2. The van der Waals surface area contributed by atoms with Crippen molar-refractivity contribution in [3.05, 3.63) is 103 Å². The molecule has 0 radical (unpaired) electrons. The molecule has 0 bridgehead atoms. The highest BCUT2D eigenvalue weighted by Gasteiger charge is 2.28. The smallest absolute Gasteiger partial charge is 0.414 e. The van der Waals surface area contributed by atoms with Crippen molar-refractivity contribution in [3.8, 4) is 23.1 Å². The van der Waals surface area contributed by atoms with Gasteiger partial charge in [-0.25, -0.2) is 9.78 Å². The number of carbonyl (C=O) groups is 2. The third-order valence-corrected chi connectivity index (χ3v) is 5.43. The minimum Gasteiger partial charge on any atom is -0.457 e. The van der Waals surface area contributed by atoms with E-state index in [9.17, 15) is 9.59 Å². The first-order valence-corrected chi connectivity index (χ1v) is 12.0. The van der Waals surface area contributed by atoms with Gasteiger partial charge in [0.1, 0.15) is 17.2 Å². The van der Waals surface area contributed by atoms with Crippen LogP contribution in [-0.2, 0) is 4.74 Å². The summed E-state index contributed by atoms with van der Waals surface area (Å²) in [5.41, 5.74) is 1.24. The van der Waals surface area contributed by atoms with E-state index in [0.29, 0.717) is 34.3 Å². The van der Waals surface area contributed by atoms with E-state index in [4.69, 9.17) is 14.2 Å². The van der Waals surface area contributed by atoms with Crippen LogP contribution in [0.25, 0.3) is 0 Å². The van der Waals surface area contributed by atoms with E-state index in [1.165, 1.54) is 13.3 Å². The molecule has 2 amide bonds. The fourth-order valence-electron chi connectivity index (χ4n) is 3.66. The van der Waals surface area contributed by atoms with E-state index in [2.05, 4.69) is 10.3 Å². The molecule has 0 fully saturated rings. The molecule has 0 saturated heterocycles. The van der Waals surface area contributed by atoms with Gasteiger partial charge < -0.3 is 19.5 Å². The fraction of sp³-hybridized carbons (Fsp3) is 0.167. The molecule has 0 aliphatic carbocycles. The van der Waals surface area contributed by atoms with Crippen molar-refractivity contribution in [1.29, 1.82) is 0 Å². The summed E-state index contributed by atoms with van der Waals surface area (Å²) in [5, 5.41) is 2.82. The number of methoxy groups -OCH3 is 1. The van der Waals surface area contributed by atoms with Crippen LogP contribution in [-0.4, -0.2) is 29.6 Å². The molecule has 0 aliphatic heterocycles. The van der Waals surface area contributed by atoms with Crippen LogP contribution in [0.4, 0.5) is 16.2 Å². The molecule has 3 aromatic carbocycles. The van der Waals surface area contributed by atoms with Crippen LogP contribution in [0.1, 0.15) is 31.1 Å². The topological polar surface area (TPSA) is 90.0 Å². The van der Waals surface area contributed by atoms with E-state index < -0.39 is 11.6 Å². The van der Waals surface area contributed by atoms with Crippen molar-refractivity contribution in [3.63, 3.8) is 0 Å². The van der Waals surface area contributed by atoms with Gasteiger partial charge in [0.25, 0.3) is 5.91 Å². The molecule has 1 N–H and O–H groups in total. The first-order chi connectivity index (χ1) is 18.2. The lowest BCUT2D eigenvalue weighted by atomic mass is 10.1. The Kier molecular flexibility index (Phi) is 7.91. The van der Waals surface area contributed by atoms with Crippen LogP contribution in [0.2, 0.25) is 0 Å². The van der Waals surface area contributed by atoms with Gasteiger partial charge in [-0.15, -0.1) is 0 Å². The summed E-state index contributed by atoms with van der Waals surface area (Å²) >= 11 is 0. The van der Waals surface area contributed by atoms with Crippen LogP contribution < -0.4 is 19.7 Å². The normalized spacial score (nSPS) is 10.8. The highest BCUT2D eigenvalue weighted by atomic mass is 16.5. The van der Waals surface area contributed by atoms with Gasteiger partial charge in [-0.1, -0.05) is 18.2 Å². The molecule has 4 aromatic rings. The summed E-state index contributed by atoms with van der Waals surface area (Å²) in [4.78, 5) is 30.7. The SMILES string of the molecule is COC(=O)N(c1ccc(Oc2ccc(NC(=O)c3ccc(Oc4ccccc4)cc3)cn2)cc1)C(C)(C)C. The highest BCUT2D eigenvalue weighted by Crippen LogP contribution is 2.29. The van der Waals surface area contributed by atoms with E-state index in [1.54, 1.807) is 65.6 Å². The quantitative estimate of drug-likeness (QED) is 0.280. The maximum atomic E-state index is 12.6. The lowest BCUT2D eigenvalue weighted by Crippen LogP contribution is -2.45. The minimum absolute atomic E-state index is 0.267. The molecular formula is C30H29N3O5. The third-order valence-electron chi connectivity index (χ3n) is 5.43. The molecule has 4 rings (SSSR count). The van der Waals surface area contributed by atoms with Crippen LogP contribution in [0.3, 0.4) is 0 Å². The van der Waals surface area contributed by atoms with Crippen LogP contribution in [0, 0.1) is 0 Å². The average Bonchev–Trinajstić information content (AvgIpc) is 2.91. The number of amides is 2. The van der Waals surface area contributed by atoms with Gasteiger partial charge >= 0.3 is 6.09 Å². The fourth-order valence-corrected chi connectivity index (χ4v) is 3.66. The zero-order valence-corrected chi connectivity index (χ0v) is 21.7. The molecule has 1 aromatic heterocycles. The molecule has 8 nitrogen and oxygen atoms in total. The van der Waals surface area contributed by atoms with Gasteiger partial charge in [0, 0.05) is 22.9 Å². The number of ether oxygens (including phenoxy) is 3. The molecule has 8 heteroatoms. The Hall–Kier alpha value is -4.85. The Morgan fingerprint density at radius 3 is 1.95 bits per heavy atom. The minimum atomic E-state index is -0.463. The highest BCUT2D eigenvalue weighted by molar-refractivity contribution is 6.04. The second-order valence-corrected chi connectivity index (χ2v) is 9.35. The maximum Gasteiger partial charge on any atom is 0.414 e. The zero-order chi connectivity index (χ0) is 27.1. The van der Waals surface area contributed by atoms with Crippen LogP contribution >= 0.6 is 0 Å². The summed E-state index contributed by atoms with van der Waals surface area (Å²) in [5.74, 6) is 2.01. The molecule has 0 aliphatic rings. The predicted molar refractivity (Wildman–Crippen MR) is 146 cm³/mol. The van der Waals surface area contributed by atoms with E-state index in [-0.39, 0.29) is 5.91 Å². The number of hydrogen-bond donors (Lipinski definition) is 1. The Balaban J connectivity index is 1.35. The number of para-hydroxylation sites is 1. The molecule has 0 saturated carbocycles. The average molecular weight is 512 g/mol. The molecule has 38 heavy (non-hydrogen) atoms. The third kappa shape index (κ3) is 6.67. The molecular weight excluding hydrogens is 482 g/mol. The van der Waals surface area contributed by atoms with Gasteiger partial charge in [-0.05, 0) is 87.5 Å². The Morgan fingerprint density at radius 1 is 0.763 bits per heavy atom. The number of nitrogens with zero attached hydrogens (tertiary/aromatic N) is 2. The Morgan fingerprint density at radius 2 is 1.37 bits per heavy atom. The summed E-state index contributed by atoms with van der Waals surface area (Å²) in [6.07, 6.45) is 1.08. The second-order valence-electron chi connectivity index (χ2n) is 9.35. The maximum absolute atomic E-state index is 12.6. The largest absolute Gasteiger partial charge is 0.457 e.